The predicted molar refractivity (Wildman–Crippen MR) is 173 cm³/mol. The summed E-state index contributed by atoms with van der Waals surface area (Å²) in [4.78, 5) is 19.8. The fraction of sp³-hybridized carbons (Fsp3) is 0. The summed E-state index contributed by atoms with van der Waals surface area (Å²) in [5.41, 5.74) is 3.99. The lowest BCUT2D eigenvalue weighted by atomic mass is 9.99. The molecule has 0 atom stereocenters. The number of rotatable bonds is 3. The molecule has 42 heavy (non-hydrogen) atoms. The van der Waals surface area contributed by atoms with Crippen LogP contribution in [0.15, 0.2) is 128 Å². The fourth-order valence-electron chi connectivity index (χ4n) is 6.13. The highest BCUT2D eigenvalue weighted by Gasteiger charge is 2.23. The molecular weight excluding hydrogens is 534 g/mol. The molecule has 0 aliphatic rings. The third-order valence-electron chi connectivity index (χ3n) is 7.93. The molecule has 5 nitrogen and oxygen atoms in total. The van der Waals surface area contributed by atoms with Crippen LogP contribution in [0.3, 0.4) is 0 Å². The van der Waals surface area contributed by atoms with E-state index in [9.17, 15) is 0 Å². The predicted octanol–water partition coefficient (Wildman–Crippen LogP) is 9.22. The summed E-state index contributed by atoms with van der Waals surface area (Å²) in [5.74, 6) is 1.86. The van der Waals surface area contributed by atoms with Gasteiger partial charge in [-0.15, -0.1) is 11.3 Å². The van der Waals surface area contributed by atoms with Gasteiger partial charge in [0.2, 0.25) is 5.95 Å². The molecule has 0 unspecified atom stereocenters. The van der Waals surface area contributed by atoms with Gasteiger partial charge in [-0.05, 0) is 22.9 Å². The number of nitrogens with zero attached hydrogens (tertiary/aromatic N) is 5. The average molecular weight is 556 g/mol. The van der Waals surface area contributed by atoms with Gasteiger partial charge in [0.05, 0.1) is 15.7 Å². The second kappa shape index (κ2) is 9.03. The van der Waals surface area contributed by atoms with E-state index in [2.05, 4.69) is 64.1 Å². The molecule has 6 heteroatoms. The largest absolute Gasteiger partial charge is 0.276 e. The van der Waals surface area contributed by atoms with E-state index in [0.29, 0.717) is 17.6 Å². The molecule has 0 aliphatic heterocycles. The molecule has 4 heterocycles. The maximum absolute atomic E-state index is 5.14. The second-order valence-electron chi connectivity index (χ2n) is 10.3. The van der Waals surface area contributed by atoms with Gasteiger partial charge in [-0.25, -0.2) is 4.98 Å². The minimum atomic E-state index is 0.586. The highest BCUT2D eigenvalue weighted by Crippen LogP contribution is 2.47. The van der Waals surface area contributed by atoms with Gasteiger partial charge in [0.15, 0.2) is 11.6 Å². The zero-order valence-electron chi connectivity index (χ0n) is 22.3. The van der Waals surface area contributed by atoms with Crippen molar-refractivity contribution in [3.05, 3.63) is 128 Å². The first-order chi connectivity index (χ1) is 20.8. The standard InChI is InChI=1S/C36H21N5S/c1-3-11-22(12-4-1)34-38-35(23-13-5-2-6-14-23)40-36(39-34)41-28-19-20-37-21-27(28)30-24-15-7-8-16-25(24)31-26-17-9-10-18-29(26)42-33(31)32(30)41/h1-21H. The fourth-order valence-corrected chi connectivity index (χ4v) is 7.38. The number of thiophene rings is 1. The molecular formula is C36H21N5S. The molecule has 0 saturated heterocycles. The van der Waals surface area contributed by atoms with Gasteiger partial charge in [-0.3, -0.25) is 9.55 Å². The summed E-state index contributed by atoms with van der Waals surface area (Å²) in [6, 6.07) is 39.7. The molecule has 0 saturated carbocycles. The summed E-state index contributed by atoms with van der Waals surface area (Å²) in [6.45, 7) is 0. The highest BCUT2D eigenvalue weighted by molar-refractivity contribution is 7.27. The first kappa shape index (κ1) is 23.3. The molecule has 0 aliphatic carbocycles. The average Bonchev–Trinajstić information content (AvgIpc) is 3.62. The maximum Gasteiger partial charge on any atom is 0.238 e. The molecule has 0 N–H and O–H groups in total. The Balaban J connectivity index is 1.50. The van der Waals surface area contributed by atoms with Crippen LogP contribution >= 0.6 is 11.3 Å². The Hall–Kier alpha value is -5.46. The zero-order valence-corrected chi connectivity index (χ0v) is 23.1. The van der Waals surface area contributed by atoms with Crippen molar-refractivity contribution < 1.29 is 0 Å². The van der Waals surface area contributed by atoms with Crippen LogP contribution in [0.5, 0.6) is 0 Å². The number of fused-ring (bicyclic) bond motifs is 10. The van der Waals surface area contributed by atoms with Gasteiger partial charge in [0, 0.05) is 49.8 Å². The van der Waals surface area contributed by atoms with Crippen molar-refractivity contribution in [2.75, 3.05) is 0 Å². The van der Waals surface area contributed by atoms with E-state index >= 15 is 0 Å². The number of hydrogen-bond acceptors (Lipinski definition) is 5. The van der Waals surface area contributed by atoms with Crippen LogP contribution in [0.2, 0.25) is 0 Å². The van der Waals surface area contributed by atoms with E-state index in [4.69, 9.17) is 15.0 Å². The molecule has 0 bridgehead atoms. The lowest BCUT2D eigenvalue weighted by molar-refractivity contribution is 0.955. The van der Waals surface area contributed by atoms with Gasteiger partial charge in [-0.1, -0.05) is 103 Å². The first-order valence-electron chi connectivity index (χ1n) is 13.8. The van der Waals surface area contributed by atoms with Crippen LogP contribution in [-0.2, 0) is 0 Å². The van der Waals surface area contributed by atoms with Gasteiger partial charge >= 0.3 is 0 Å². The van der Waals surface area contributed by atoms with Crippen LogP contribution in [-0.4, -0.2) is 24.5 Å². The number of pyridine rings is 1. The van der Waals surface area contributed by atoms with Crippen molar-refractivity contribution in [3.8, 4) is 28.7 Å². The Morgan fingerprint density at radius 2 is 1.12 bits per heavy atom. The van der Waals surface area contributed by atoms with Gasteiger partial charge in [-0.2, -0.15) is 9.97 Å². The van der Waals surface area contributed by atoms with Gasteiger partial charge < -0.3 is 0 Å². The molecule has 5 aromatic carbocycles. The summed E-state index contributed by atoms with van der Waals surface area (Å²) in [7, 11) is 0. The number of aromatic nitrogens is 5. The molecule has 0 spiro atoms. The van der Waals surface area contributed by atoms with E-state index in [1.54, 1.807) is 0 Å². The number of benzene rings is 5. The first-order valence-corrected chi connectivity index (χ1v) is 14.6. The second-order valence-corrected chi connectivity index (χ2v) is 11.4. The minimum Gasteiger partial charge on any atom is -0.276 e. The van der Waals surface area contributed by atoms with Crippen LogP contribution < -0.4 is 0 Å². The molecule has 9 aromatic rings. The Kier molecular flexibility index (Phi) is 5.00. The smallest absolute Gasteiger partial charge is 0.238 e. The third-order valence-corrected chi connectivity index (χ3v) is 9.11. The Bertz CT molecular complexity index is 2400. The lowest BCUT2D eigenvalue weighted by Gasteiger charge is -2.12. The lowest BCUT2D eigenvalue weighted by Crippen LogP contribution is -2.06. The SMILES string of the molecule is c1ccc(-c2nc(-c3ccccc3)nc(-n3c4ccncc4c4c5ccccc5c5c6ccccc6sc5c43)n2)cc1. The van der Waals surface area contributed by atoms with Crippen molar-refractivity contribution >= 4 is 64.1 Å². The monoisotopic (exact) mass is 555 g/mol. The van der Waals surface area contributed by atoms with Crippen molar-refractivity contribution in [3.63, 3.8) is 0 Å². The van der Waals surface area contributed by atoms with Crippen LogP contribution in [0.1, 0.15) is 0 Å². The molecule has 0 fully saturated rings. The summed E-state index contributed by atoms with van der Waals surface area (Å²) in [6.07, 6.45) is 3.82. The Labute approximate surface area is 244 Å². The Morgan fingerprint density at radius 1 is 0.524 bits per heavy atom. The van der Waals surface area contributed by atoms with Crippen LogP contribution in [0.25, 0.3) is 81.5 Å². The normalized spacial score (nSPS) is 11.8. The van der Waals surface area contributed by atoms with Crippen molar-refractivity contribution in [2.24, 2.45) is 0 Å². The van der Waals surface area contributed by atoms with E-state index in [-0.39, 0.29) is 0 Å². The topological polar surface area (TPSA) is 56.5 Å². The van der Waals surface area contributed by atoms with Crippen LogP contribution in [0.4, 0.5) is 0 Å². The number of hydrogen-bond donors (Lipinski definition) is 0. The highest BCUT2D eigenvalue weighted by atomic mass is 32.1. The molecule has 0 amide bonds. The molecule has 0 radical (unpaired) electrons. The minimum absolute atomic E-state index is 0.586. The van der Waals surface area contributed by atoms with Crippen LogP contribution in [0, 0.1) is 0 Å². The van der Waals surface area contributed by atoms with Gasteiger partial charge in [0.25, 0.3) is 0 Å². The summed E-state index contributed by atoms with van der Waals surface area (Å²) < 4.78 is 4.69. The Morgan fingerprint density at radius 3 is 1.81 bits per heavy atom. The van der Waals surface area contributed by atoms with Crippen molar-refractivity contribution in [1.29, 1.82) is 0 Å². The maximum atomic E-state index is 5.14. The van der Waals surface area contributed by atoms with E-state index in [1.807, 2.05) is 84.4 Å². The molecule has 9 rings (SSSR count). The molecule has 4 aromatic heterocycles. The van der Waals surface area contributed by atoms with E-state index < -0.39 is 0 Å². The summed E-state index contributed by atoms with van der Waals surface area (Å²) >= 11 is 1.82. The van der Waals surface area contributed by atoms with Crippen molar-refractivity contribution in [2.45, 2.75) is 0 Å². The summed E-state index contributed by atoms with van der Waals surface area (Å²) in [5, 5.41) is 7.20. The quantitative estimate of drug-likeness (QED) is 0.218. The van der Waals surface area contributed by atoms with Gasteiger partial charge in [0.1, 0.15) is 0 Å². The van der Waals surface area contributed by atoms with E-state index in [1.165, 1.54) is 30.9 Å². The van der Waals surface area contributed by atoms with Crippen molar-refractivity contribution in [1.82, 2.24) is 24.5 Å². The zero-order chi connectivity index (χ0) is 27.6. The van der Waals surface area contributed by atoms with E-state index in [0.717, 1.165) is 32.9 Å². The third kappa shape index (κ3) is 3.36. The molecule has 196 valence electrons.